The van der Waals surface area contributed by atoms with Crippen LogP contribution in [0.3, 0.4) is 0 Å². The molecule has 1 aromatic carbocycles. The topological polar surface area (TPSA) is 50.4 Å². The molecule has 0 saturated carbocycles. The summed E-state index contributed by atoms with van der Waals surface area (Å²) in [6.07, 6.45) is 0. The van der Waals surface area contributed by atoms with Gasteiger partial charge < -0.3 is 10.2 Å². The molecule has 0 radical (unpaired) electrons. The van der Waals surface area contributed by atoms with Crippen molar-refractivity contribution < 1.29 is 9.63 Å². The van der Waals surface area contributed by atoms with E-state index in [4.69, 9.17) is 4.84 Å². The van der Waals surface area contributed by atoms with E-state index in [1.807, 2.05) is 31.2 Å². The second-order valence-corrected chi connectivity index (χ2v) is 3.35. The molecule has 1 aromatic rings. The lowest BCUT2D eigenvalue weighted by atomic mass is 10.1. The molecule has 0 aliphatic rings. The van der Waals surface area contributed by atoms with Crippen LogP contribution in [0.5, 0.6) is 0 Å². The summed E-state index contributed by atoms with van der Waals surface area (Å²) in [7, 11) is 1.58. The molecule has 4 nitrogen and oxygen atoms in total. The number of benzene rings is 1. The Morgan fingerprint density at radius 3 is 2.80 bits per heavy atom. The van der Waals surface area contributed by atoms with Gasteiger partial charge in [0, 0.05) is 12.6 Å². The Kier molecular flexibility index (Phi) is 4.27. The lowest BCUT2D eigenvalue weighted by Gasteiger charge is -2.13. The Morgan fingerprint density at radius 2 is 2.20 bits per heavy atom. The third-order valence-corrected chi connectivity index (χ3v) is 2.00. The Morgan fingerprint density at radius 1 is 1.47 bits per heavy atom. The molecule has 0 aliphatic heterocycles. The van der Waals surface area contributed by atoms with E-state index >= 15 is 0 Å². The fourth-order valence-corrected chi connectivity index (χ4v) is 1.33. The molecular formula is C11H16N2O2. The van der Waals surface area contributed by atoms with Crippen LogP contribution in [-0.4, -0.2) is 13.0 Å². The molecular weight excluding hydrogens is 192 g/mol. The minimum atomic E-state index is -0.0699. The zero-order valence-electron chi connectivity index (χ0n) is 9.20. The molecule has 0 spiro atoms. The first-order valence-corrected chi connectivity index (χ1v) is 4.79. The van der Waals surface area contributed by atoms with Gasteiger partial charge in [-0.2, -0.15) is 5.48 Å². The van der Waals surface area contributed by atoms with Crippen molar-refractivity contribution in [3.05, 3.63) is 29.8 Å². The lowest BCUT2D eigenvalue weighted by Crippen LogP contribution is -2.17. The van der Waals surface area contributed by atoms with Crippen LogP contribution >= 0.6 is 0 Å². The third kappa shape index (κ3) is 3.69. The SMILES string of the molecule is CONC(C)c1cccc(NC(C)=O)c1. The number of carbonyl (C=O) groups excluding carboxylic acids is 1. The van der Waals surface area contributed by atoms with Crippen molar-refractivity contribution >= 4 is 11.6 Å². The number of nitrogens with one attached hydrogen (secondary N) is 2. The Bertz CT molecular complexity index is 339. The van der Waals surface area contributed by atoms with Gasteiger partial charge in [-0.1, -0.05) is 12.1 Å². The molecule has 1 atom stereocenters. The Labute approximate surface area is 89.6 Å². The highest BCUT2D eigenvalue weighted by molar-refractivity contribution is 5.88. The second kappa shape index (κ2) is 5.48. The van der Waals surface area contributed by atoms with E-state index < -0.39 is 0 Å². The second-order valence-electron chi connectivity index (χ2n) is 3.35. The fraction of sp³-hybridized carbons (Fsp3) is 0.364. The minimum Gasteiger partial charge on any atom is -0.326 e. The van der Waals surface area contributed by atoms with E-state index in [1.54, 1.807) is 7.11 Å². The normalized spacial score (nSPS) is 12.2. The molecule has 0 fully saturated rings. The van der Waals surface area contributed by atoms with Crippen LogP contribution in [0.1, 0.15) is 25.5 Å². The van der Waals surface area contributed by atoms with E-state index in [0.717, 1.165) is 11.3 Å². The van der Waals surface area contributed by atoms with E-state index in [2.05, 4.69) is 10.8 Å². The number of anilines is 1. The van der Waals surface area contributed by atoms with Crippen LogP contribution in [0.2, 0.25) is 0 Å². The van der Waals surface area contributed by atoms with Gasteiger partial charge in [-0.15, -0.1) is 0 Å². The summed E-state index contributed by atoms with van der Waals surface area (Å²) < 4.78 is 0. The molecule has 1 amide bonds. The van der Waals surface area contributed by atoms with Gasteiger partial charge in [0.25, 0.3) is 0 Å². The molecule has 0 bridgehead atoms. The maximum atomic E-state index is 10.9. The van der Waals surface area contributed by atoms with Gasteiger partial charge in [0.05, 0.1) is 13.2 Å². The summed E-state index contributed by atoms with van der Waals surface area (Å²) in [4.78, 5) is 15.7. The first kappa shape index (κ1) is 11.7. The monoisotopic (exact) mass is 208 g/mol. The smallest absolute Gasteiger partial charge is 0.221 e. The van der Waals surface area contributed by atoms with Gasteiger partial charge in [0.2, 0.25) is 5.91 Å². The van der Waals surface area contributed by atoms with Crippen LogP contribution < -0.4 is 10.8 Å². The van der Waals surface area contributed by atoms with Crippen molar-refractivity contribution in [1.29, 1.82) is 0 Å². The molecule has 1 rings (SSSR count). The van der Waals surface area contributed by atoms with Crippen molar-refractivity contribution in [2.75, 3.05) is 12.4 Å². The van der Waals surface area contributed by atoms with Crippen molar-refractivity contribution in [3.8, 4) is 0 Å². The molecule has 0 aliphatic carbocycles. The summed E-state index contributed by atoms with van der Waals surface area (Å²) in [5, 5.41) is 2.73. The fourth-order valence-electron chi connectivity index (χ4n) is 1.33. The number of amides is 1. The summed E-state index contributed by atoms with van der Waals surface area (Å²) in [6, 6.07) is 7.72. The first-order valence-electron chi connectivity index (χ1n) is 4.79. The maximum absolute atomic E-state index is 10.9. The number of rotatable bonds is 4. The van der Waals surface area contributed by atoms with Crippen molar-refractivity contribution in [3.63, 3.8) is 0 Å². The Hall–Kier alpha value is -1.39. The summed E-state index contributed by atoms with van der Waals surface area (Å²) in [5.41, 5.74) is 4.68. The number of hydrogen-bond acceptors (Lipinski definition) is 3. The Balaban J connectivity index is 2.77. The standard InChI is InChI=1S/C11H16N2O2/c1-8(13-15-3)10-5-4-6-11(7-10)12-9(2)14/h4-8,13H,1-3H3,(H,12,14). The molecule has 0 aromatic heterocycles. The van der Waals surface area contributed by atoms with E-state index in [1.165, 1.54) is 6.92 Å². The molecule has 82 valence electrons. The van der Waals surface area contributed by atoms with Gasteiger partial charge in [0.15, 0.2) is 0 Å². The van der Waals surface area contributed by atoms with Gasteiger partial charge in [-0.05, 0) is 24.6 Å². The highest BCUT2D eigenvalue weighted by Gasteiger charge is 2.05. The summed E-state index contributed by atoms with van der Waals surface area (Å²) in [6.45, 7) is 3.47. The number of carbonyl (C=O) groups is 1. The maximum Gasteiger partial charge on any atom is 0.221 e. The van der Waals surface area contributed by atoms with Crippen molar-refractivity contribution in [2.24, 2.45) is 0 Å². The van der Waals surface area contributed by atoms with Crippen LogP contribution in [0.25, 0.3) is 0 Å². The van der Waals surface area contributed by atoms with E-state index in [9.17, 15) is 4.79 Å². The summed E-state index contributed by atoms with van der Waals surface area (Å²) in [5.74, 6) is -0.0699. The van der Waals surface area contributed by atoms with Crippen molar-refractivity contribution in [1.82, 2.24) is 5.48 Å². The highest BCUT2D eigenvalue weighted by Crippen LogP contribution is 2.17. The van der Waals surface area contributed by atoms with Gasteiger partial charge in [0.1, 0.15) is 0 Å². The van der Waals surface area contributed by atoms with E-state index in [-0.39, 0.29) is 11.9 Å². The largest absolute Gasteiger partial charge is 0.326 e. The van der Waals surface area contributed by atoms with Gasteiger partial charge in [-0.25, -0.2) is 0 Å². The summed E-state index contributed by atoms with van der Waals surface area (Å²) >= 11 is 0. The minimum absolute atomic E-state index is 0.0699. The van der Waals surface area contributed by atoms with Gasteiger partial charge in [-0.3, -0.25) is 4.79 Å². The van der Waals surface area contributed by atoms with Crippen LogP contribution in [0.15, 0.2) is 24.3 Å². The molecule has 0 heterocycles. The molecule has 4 heteroatoms. The average Bonchev–Trinajstić information content (AvgIpc) is 2.17. The molecule has 2 N–H and O–H groups in total. The van der Waals surface area contributed by atoms with Gasteiger partial charge >= 0.3 is 0 Å². The average molecular weight is 208 g/mol. The molecule has 0 saturated heterocycles. The molecule has 1 unspecified atom stereocenters. The van der Waals surface area contributed by atoms with Crippen LogP contribution in [0.4, 0.5) is 5.69 Å². The van der Waals surface area contributed by atoms with E-state index in [0.29, 0.717) is 0 Å². The predicted molar refractivity (Wildman–Crippen MR) is 59.3 cm³/mol. The lowest BCUT2D eigenvalue weighted by molar-refractivity contribution is -0.114. The molecule has 15 heavy (non-hydrogen) atoms. The quantitative estimate of drug-likeness (QED) is 0.742. The van der Waals surface area contributed by atoms with Crippen molar-refractivity contribution in [2.45, 2.75) is 19.9 Å². The number of hydroxylamine groups is 1. The predicted octanol–water partition coefficient (Wildman–Crippen LogP) is 1.86. The zero-order chi connectivity index (χ0) is 11.3. The zero-order valence-corrected chi connectivity index (χ0v) is 9.20. The van der Waals surface area contributed by atoms with Crippen LogP contribution in [0, 0.1) is 0 Å². The highest BCUT2D eigenvalue weighted by atomic mass is 16.6. The number of hydrogen-bond donors (Lipinski definition) is 2. The third-order valence-electron chi connectivity index (χ3n) is 2.00. The van der Waals surface area contributed by atoms with Crippen LogP contribution in [-0.2, 0) is 9.63 Å². The first-order chi connectivity index (χ1) is 7.13.